The van der Waals surface area contributed by atoms with E-state index in [4.69, 9.17) is 0 Å². The number of para-hydroxylation sites is 1. The van der Waals surface area contributed by atoms with Crippen LogP contribution in [0.25, 0.3) is 11.1 Å². The Kier molecular flexibility index (Phi) is 3.79. The second-order valence-electron chi connectivity index (χ2n) is 4.29. The van der Waals surface area contributed by atoms with Gasteiger partial charge in [-0.05, 0) is 36.2 Å². The molecule has 0 fully saturated rings. The van der Waals surface area contributed by atoms with Crippen molar-refractivity contribution in [2.75, 3.05) is 0 Å². The fourth-order valence-electron chi connectivity index (χ4n) is 1.96. The minimum absolute atomic E-state index is 0.289. The van der Waals surface area contributed by atoms with Crippen molar-refractivity contribution in [1.82, 2.24) is 0 Å². The van der Waals surface area contributed by atoms with Crippen LogP contribution in [-0.4, -0.2) is 12.6 Å². The van der Waals surface area contributed by atoms with Gasteiger partial charge in [0.1, 0.15) is 12.0 Å². The number of carbonyl (C=O) groups excluding carboxylic acids is 1. The molecule has 5 heteroatoms. The molecule has 0 heterocycles. The van der Waals surface area contributed by atoms with Gasteiger partial charge in [-0.1, -0.05) is 24.3 Å². The molecule has 0 aliphatic rings. The summed E-state index contributed by atoms with van der Waals surface area (Å²) in [5.41, 5.74) is 1.98. The highest BCUT2D eigenvalue weighted by atomic mass is 19.4. The van der Waals surface area contributed by atoms with Gasteiger partial charge in [0.25, 0.3) is 0 Å². The van der Waals surface area contributed by atoms with Crippen molar-refractivity contribution < 1.29 is 22.7 Å². The number of aldehydes is 1. The van der Waals surface area contributed by atoms with Crippen molar-refractivity contribution in [3.8, 4) is 16.9 Å². The average molecular weight is 280 g/mol. The number of ether oxygens (including phenoxy) is 1. The van der Waals surface area contributed by atoms with Crippen LogP contribution in [0.15, 0.2) is 42.5 Å². The first-order chi connectivity index (χ1) is 9.39. The lowest BCUT2D eigenvalue weighted by atomic mass is 10.00. The second kappa shape index (κ2) is 5.36. The van der Waals surface area contributed by atoms with Crippen LogP contribution in [0.1, 0.15) is 15.9 Å². The molecule has 0 N–H and O–H groups in total. The highest BCUT2D eigenvalue weighted by molar-refractivity contribution is 5.81. The molecule has 0 spiro atoms. The summed E-state index contributed by atoms with van der Waals surface area (Å²) in [7, 11) is 0. The van der Waals surface area contributed by atoms with Crippen molar-refractivity contribution in [2.24, 2.45) is 0 Å². The maximum absolute atomic E-state index is 12.4. The van der Waals surface area contributed by atoms with E-state index < -0.39 is 6.36 Å². The standard InChI is InChI=1S/C15H11F3O2/c1-10-6-11(9-19)8-12(7-10)13-4-2-3-5-14(13)20-15(16,17)18/h2-9H,1H3. The number of aryl methyl sites for hydroxylation is 1. The molecule has 0 saturated carbocycles. The van der Waals surface area contributed by atoms with E-state index in [1.54, 1.807) is 25.1 Å². The van der Waals surface area contributed by atoms with Crippen LogP contribution in [0.5, 0.6) is 5.75 Å². The molecule has 2 aromatic carbocycles. The smallest absolute Gasteiger partial charge is 0.405 e. The molecule has 104 valence electrons. The van der Waals surface area contributed by atoms with Gasteiger partial charge in [-0.15, -0.1) is 13.2 Å². The minimum atomic E-state index is -4.76. The summed E-state index contributed by atoms with van der Waals surface area (Å²) >= 11 is 0. The monoisotopic (exact) mass is 280 g/mol. The first-order valence-electron chi connectivity index (χ1n) is 5.81. The predicted octanol–water partition coefficient (Wildman–Crippen LogP) is 4.37. The van der Waals surface area contributed by atoms with E-state index in [0.29, 0.717) is 17.4 Å². The summed E-state index contributed by atoms with van der Waals surface area (Å²) in [5, 5.41) is 0. The van der Waals surface area contributed by atoms with Crippen molar-refractivity contribution in [3.63, 3.8) is 0 Å². The number of carbonyl (C=O) groups is 1. The fourth-order valence-corrected chi connectivity index (χ4v) is 1.96. The molecule has 0 unspecified atom stereocenters. The van der Waals surface area contributed by atoms with Crippen LogP contribution < -0.4 is 4.74 Å². The van der Waals surface area contributed by atoms with Gasteiger partial charge >= 0.3 is 6.36 Å². The molecule has 20 heavy (non-hydrogen) atoms. The molecule has 0 atom stereocenters. The van der Waals surface area contributed by atoms with Crippen LogP contribution in [0.3, 0.4) is 0 Å². The summed E-state index contributed by atoms with van der Waals surface area (Å²) in [6.07, 6.45) is -4.10. The number of benzene rings is 2. The lowest BCUT2D eigenvalue weighted by Crippen LogP contribution is -2.17. The predicted molar refractivity (Wildman–Crippen MR) is 68.7 cm³/mol. The van der Waals surface area contributed by atoms with Crippen LogP contribution in [0.4, 0.5) is 13.2 Å². The highest BCUT2D eigenvalue weighted by Gasteiger charge is 2.32. The van der Waals surface area contributed by atoms with Gasteiger partial charge < -0.3 is 4.74 Å². The maximum Gasteiger partial charge on any atom is 0.573 e. The van der Waals surface area contributed by atoms with E-state index in [9.17, 15) is 18.0 Å². The summed E-state index contributed by atoms with van der Waals surface area (Å²) in [6, 6.07) is 10.7. The molecular formula is C15H11F3O2. The van der Waals surface area contributed by atoms with Gasteiger partial charge in [0, 0.05) is 11.1 Å². The van der Waals surface area contributed by atoms with Gasteiger partial charge in [0.2, 0.25) is 0 Å². The molecule has 0 amide bonds. The number of hydrogen-bond acceptors (Lipinski definition) is 2. The van der Waals surface area contributed by atoms with E-state index in [1.807, 2.05) is 0 Å². The van der Waals surface area contributed by atoms with Crippen LogP contribution in [0.2, 0.25) is 0 Å². The van der Waals surface area contributed by atoms with Crippen molar-refractivity contribution in [3.05, 3.63) is 53.6 Å². The summed E-state index contributed by atoms with van der Waals surface area (Å²) in [4.78, 5) is 10.8. The fraction of sp³-hybridized carbons (Fsp3) is 0.133. The summed E-state index contributed by atoms with van der Waals surface area (Å²) in [5.74, 6) is -0.289. The quantitative estimate of drug-likeness (QED) is 0.780. The lowest BCUT2D eigenvalue weighted by Gasteiger charge is -2.14. The average Bonchev–Trinajstić information content (AvgIpc) is 2.36. The molecule has 0 aliphatic carbocycles. The van der Waals surface area contributed by atoms with Crippen LogP contribution in [-0.2, 0) is 0 Å². The van der Waals surface area contributed by atoms with Crippen LogP contribution in [0, 0.1) is 6.92 Å². The summed E-state index contributed by atoms with van der Waals surface area (Å²) in [6.45, 7) is 1.77. The van der Waals surface area contributed by atoms with E-state index in [-0.39, 0.29) is 11.3 Å². The molecular weight excluding hydrogens is 269 g/mol. The van der Waals surface area contributed by atoms with E-state index >= 15 is 0 Å². The number of alkyl halides is 3. The molecule has 0 saturated heterocycles. The molecule has 2 rings (SSSR count). The Morgan fingerprint density at radius 1 is 1.10 bits per heavy atom. The Bertz CT molecular complexity index is 633. The Hall–Kier alpha value is -2.30. The zero-order valence-electron chi connectivity index (χ0n) is 10.6. The Morgan fingerprint density at radius 2 is 1.80 bits per heavy atom. The van der Waals surface area contributed by atoms with E-state index in [1.165, 1.54) is 24.3 Å². The highest BCUT2D eigenvalue weighted by Crippen LogP contribution is 2.34. The molecule has 0 aliphatic heterocycles. The second-order valence-corrected chi connectivity index (χ2v) is 4.29. The Balaban J connectivity index is 2.52. The molecule has 2 nitrogen and oxygen atoms in total. The van der Waals surface area contributed by atoms with Gasteiger partial charge in [-0.3, -0.25) is 4.79 Å². The normalized spacial score (nSPS) is 11.2. The number of halogens is 3. The third-order valence-electron chi connectivity index (χ3n) is 2.66. The van der Waals surface area contributed by atoms with Gasteiger partial charge in [0.05, 0.1) is 0 Å². The molecule has 0 aromatic heterocycles. The Morgan fingerprint density at radius 3 is 2.45 bits per heavy atom. The minimum Gasteiger partial charge on any atom is -0.405 e. The van der Waals surface area contributed by atoms with E-state index in [2.05, 4.69) is 4.74 Å². The SMILES string of the molecule is Cc1cc(C=O)cc(-c2ccccc2OC(F)(F)F)c1. The number of hydrogen-bond donors (Lipinski definition) is 0. The third-order valence-corrected chi connectivity index (χ3v) is 2.66. The van der Waals surface area contributed by atoms with Gasteiger partial charge in [0.15, 0.2) is 0 Å². The van der Waals surface area contributed by atoms with E-state index in [0.717, 1.165) is 5.56 Å². The van der Waals surface area contributed by atoms with Crippen molar-refractivity contribution >= 4 is 6.29 Å². The molecule has 0 bridgehead atoms. The van der Waals surface area contributed by atoms with Gasteiger partial charge in [-0.2, -0.15) is 0 Å². The largest absolute Gasteiger partial charge is 0.573 e. The molecule has 0 radical (unpaired) electrons. The topological polar surface area (TPSA) is 26.3 Å². The van der Waals surface area contributed by atoms with Gasteiger partial charge in [-0.25, -0.2) is 0 Å². The van der Waals surface area contributed by atoms with Crippen molar-refractivity contribution in [1.29, 1.82) is 0 Å². The first-order valence-corrected chi connectivity index (χ1v) is 5.81. The molecule has 2 aromatic rings. The zero-order valence-corrected chi connectivity index (χ0v) is 10.6. The third kappa shape index (κ3) is 3.38. The zero-order chi connectivity index (χ0) is 14.8. The first kappa shape index (κ1) is 14.1. The van der Waals surface area contributed by atoms with Crippen molar-refractivity contribution in [2.45, 2.75) is 13.3 Å². The Labute approximate surface area is 113 Å². The van der Waals surface area contributed by atoms with Crippen LogP contribution >= 0.6 is 0 Å². The lowest BCUT2D eigenvalue weighted by molar-refractivity contribution is -0.274. The number of rotatable bonds is 3. The maximum atomic E-state index is 12.4. The summed E-state index contributed by atoms with van der Waals surface area (Å²) < 4.78 is 41.2.